The van der Waals surface area contributed by atoms with Gasteiger partial charge in [-0.05, 0) is 6.07 Å². The maximum absolute atomic E-state index is 13.2. The summed E-state index contributed by atoms with van der Waals surface area (Å²) in [5, 5.41) is -0.0284. The van der Waals surface area contributed by atoms with Crippen LogP contribution in [0.25, 0.3) is 0 Å². The average Bonchev–Trinajstić information content (AvgIpc) is 2.49. The highest BCUT2D eigenvalue weighted by atomic mass is 35.5. The van der Waals surface area contributed by atoms with Crippen LogP contribution in [0.4, 0.5) is 4.39 Å². The fourth-order valence-electron chi connectivity index (χ4n) is 2.12. The van der Waals surface area contributed by atoms with E-state index in [9.17, 15) is 14.0 Å². The third-order valence-corrected chi connectivity index (χ3v) is 3.52. The maximum atomic E-state index is 13.2. The molecule has 0 unspecified atom stereocenters. The number of aromatic nitrogens is 1. The highest BCUT2D eigenvalue weighted by Crippen LogP contribution is 2.17. The molecule has 1 aromatic heterocycles. The van der Waals surface area contributed by atoms with Crippen LogP contribution in [-0.4, -0.2) is 66.5 Å². The molecule has 1 aromatic rings. The van der Waals surface area contributed by atoms with Crippen LogP contribution >= 0.6 is 11.6 Å². The third kappa shape index (κ3) is 3.68. The number of piperazine rings is 1. The number of rotatable bonds is 3. The van der Waals surface area contributed by atoms with Crippen molar-refractivity contribution in [1.29, 1.82) is 0 Å². The molecule has 0 aromatic carbocycles. The molecule has 2 amide bonds. The van der Waals surface area contributed by atoms with Crippen molar-refractivity contribution >= 4 is 23.4 Å². The van der Waals surface area contributed by atoms with Crippen LogP contribution in [0.5, 0.6) is 0 Å². The summed E-state index contributed by atoms with van der Waals surface area (Å²) < 4.78 is 18.0. The molecule has 1 aliphatic heterocycles. The number of nitrogens with zero attached hydrogens (tertiary/aromatic N) is 3. The van der Waals surface area contributed by atoms with Gasteiger partial charge in [-0.2, -0.15) is 0 Å². The van der Waals surface area contributed by atoms with Crippen LogP contribution in [0.15, 0.2) is 12.3 Å². The number of ether oxygens (including phenoxy) is 1. The zero-order valence-electron chi connectivity index (χ0n) is 11.5. The normalized spacial score (nSPS) is 15.2. The average molecular weight is 316 g/mol. The Hall–Kier alpha value is -1.73. The first-order chi connectivity index (χ1) is 10.0. The van der Waals surface area contributed by atoms with Gasteiger partial charge in [0.15, 0.2) is 0 Å². The van der Waals surface area contributed by atoms with Gasteiger partial charge in [0.1, 0.15) is 17.6 Å². The fourth-order valence-corrected chi connectivity index (χ4v) is 2.30. The molecule has 1 saturated heterocycles. The summed E-state index contributed by atoms with van der Waals surface area (Å²) in [5.74, 6) is -1.11. The molecule has 6 nitrogen and oxygen atoms in total. The van der Waals surface area contributed by atoms with Gasteiger partial charge < -0.3 is 14.5 Å². The lowest BCUT2D eigenvalue weighted by Gasteiger charge is -2.34. The number of methoxy groups -OCH3 is 1. The molecule has 2 heterocycles. The van der Waals surface area contributed by atoms with Crippen molar-refractivity contribution in [2.24, 2.45) is 0 Å². The topological polar surface area (TPSA) is 62.7 Å². The third-order valence-electron chi connectivity index (χ3n) is 3.22. The monoisotopic (exact) mass is 315 g/mol. The van der Waals surface area contributed by atoms with E-state index in [4.69, 9.17) is 16.3 Å². The van der Waals surface area contributed by atoms with Crippen molar-refractivity contribution < 1.29 is 18.7 Å². The van der Waals surface area contributed by atoms with Crippen LogP contribution in [0.3, 0.4) is 0 Å². The summed E-state index contributed by atoms with van der Waals surface area (Å²) in [7, 11) is 1.45. The van der Waals surface area contributed by atoms with Crippen LogP contribution in [0.2, 0.25) is 5.15 Å². The molecule has 0 N–H and O–H groups in total. The molecule has 1 fully saturated rings. The van der Waals surface area contributed by atoms with E-state index >= 15 is 0 Å². The van der Waals surface area contributed by atoms with Gasteiger partial charge >= 0.3 is 0 Å². The molecule has 2 rings (SSSR count). The van der Waals surface area contributed by atoms with Crippen LogP contribution in [0, 0.1) is 5.82 Å². The van der Waals surface area contributed by atoms with Crippen molar-refractivity contribution in [3.8, 4) is 0 Å². The van der Waals surface area contributed by atoms with Crippen molar-refractivity contribution in [2.75, 3.05) is 39.9 Å². The second-order valence-electron chi connectivity index (χ2n) is 4.60. The lowest BCUT2D eigenvalue weighted by atomic mass is 10.2. The van der Waals surface area contributed by atoms with E-state index in [0.29, 0.717) is 26.2 Å². The largest absolute Gasteiger partial charge is 0.375 e. The van der Waals surface area contributed by atoms with E-state index in [-0.39, 0.29) is 29.1 Å². The number of hydrogen-bond acceptors (Lipinski definition) is 4. The van der Waals surface area contributed by atoms with E-state index in [0.717, 1.165) is 12.3 Å². The summed E-state index contributed by atoms with van der Waals surface area (Å²) >= 11 is 5.82. The molecular weight excluding hydrogens is 301 g/mol. The Morgan fingerprint density at radius 2 is 1.95 bits per heavy atom. The second-order valence-corrected chi connectivity index (χ2v) is 4.96. The van der Waals surface area contributed by atoms with Gasteiger partial charge in [-0.3, -0.25) is 9.59 Å². The van der Waals surface area contributed by atoms with Gasteiger partial charge in [-0.1, -0.05) is 11.6 Å². The maximum Gasteiger partial charge on any atom is 0.257 e. The molecule has 21 heavy (non-hydrogen) atoms. The standard InChI is InChI=1S/C13H15ClFN3O3/c1-21-8-11(19)17-2-4-18(5-3-17)13(20)10-6-9(15)7-16-12(10)14/h6-7H,2-5,8H2,1H3. The number of halogens is 2. The molecule has 0 radical (unpaired) electrons. The predicted octanol–water partition coefficient (Wildman–Crippen LogP) is 0.805. The van der Waals surface area contributed by atoms with Gasteiger partial charge in [0.05, 0.1) is 11.8 Å². The van der Waals surface area contributed by atoms with Crippen molar-refractivity contribution in [3.63, 3.8) is 0 Å². The Labute approximate surface area is 126 Å². The Morgan fingerprint density at radius 3 is 2.57 bits per heavy atom. The molecular formula is C13H15ClFN3O3. The summed E-state index contributed by atoms with van der Waals surface area (Å²) in [6, 6.07) is 1.07. The Bertz CT molecular complexity index is 547. The molecule has 0 saturated carbocycles. The minimum Gasteiger partial charge on any atom is -0.375 e. The van der Waals surface area contributed by atoms with Crippen LogP contribution in [0.1, 0.15) is 10.4 Å². The molecule has 0 bridgehead atoms. The first-order valence-corrected chi connectivity index (χ1v) is 6.77. The van der Waals surface area contributed by atoms with Gasteiger partial charge in [0, 0.05) is 33.3 Å². The van der Waals surface area contributed by atoms with E-state index < -0.39 is 5.82 Å². The number of hydrogen-bond donors (Lipinski definition) is 0. The van der Waals surface area contributed by atoms with E-state index in [2.05, 4.69) is 4.98 Å². The SMILES string of the molecule is COCC(=O)N1CCN(C(=O)c2cc(F)cnc2Cl)CC1. The van der Waals surface area contributed by atoms with E-state index in [1.807, 2.05) is 0 Å². The smallest absolute Gasteiger partial charge is 0.257 e. The number of carbonyl (C=O) groups is 2. The van der Waals surface area contributed by atoms with Gasteiger partial charge in [-0.25, -0.2) is 9.37 Å². The van der Waals surface area contributed by atoms with Gasteiger partial charge in [-0.15, -0.1) is 0 Å². The van der Waals surface area contributed by atoms with Gasteiger partial charge in [0.2, 0.25) is 5.91 Å². The molecule has 8 heteroatoms. The lowest BCUT2D eigenvalue weighted by Crippen LogP contribution is -2.51. The van der Waals surface area contributed by atoms with Crippen molar-refractivity contribution in [1.82, 2.24) is 14.8 Å². The first kappa shape index (κ1) is 15.7. The second kappa shape index (κ2) is 6.82. The Kier molecular flexibility index (Phi) is 5.08. The van der Waals surface area contributed by atoms with E-state index in [1.165, 1.54) is 12.0 Å². The highest BCUT2D eigenvalue weighted by molar-refractivity contribution is 6.32. The fraction of sp³-hybridized carbons (Fsp3) is 0.462. The summed E-state index contributed by atoms with van der Waals surface area (Å²) in [6.45, 7) is 1.57. The predicted molar refractivity (Wildman–Crippen MR) is 73.6 cm³/mol. The zero-order chi connectivity index (χ0) is 15.4. The Balaban J connectivity index is 2.00. The molecule has 0 atom stereocenters. The summed E-state index contributed by atoms with van der Waals surface area (Å²) in [4.78, 5) is 30.7. The van der Waals surface area contributed by atoms with Crippen LogP contribution < -0.4 is 0 Å². The molecule has 0 spiro atoms. The minimum absolute atomic E-state index is 0.0214. The van der Waals surface area contributed by atoms with E-state index in [1.54, 1.807) is 4.90 Å². The summed E-state index contributed by atoms with van der Waals surface area (Å²) in [6.07, 6.45) is 0.959. The van der Waals surface area contributed by atoms with Crippen LogP contribution in [-0.2, 0) is 9.53 Å². The molecule has 1 aliphatic rings. The quantitative estimate of drug-likeness (QED) is 0.774. The van der Waals surface area contributed by atoms with Crippen molar-refractivity contribution in [3.05, 3.63) is 28.8 Å². The minimum atomic E-state index is -0.614. The van der Waals surface area contributed by atoms with Gasteiger partial charge in [0.25, 0.3) is 5.91 Å². The lowest BCUT2D eigenvalue weighted by molar-refractivity contribution is -0.136. The number of amides is 2. The van der Waals surface area contributed by atoms with Crippen molar-refractivity contribution in [2.45, 2.75) is 0 Å². The number of carbonyl (C=O) groups excluding carboxylic acids is 2. The molecule has 0 aliphatic carbocycles. The zero-order valence-corrected chi connectivity index (χ0v) is 12.3. The molecule has 114 valence electrons. The Morgan fingerprint density at radius 1 is 1.33 bits per heavy atom. The first-order valence-electron chi connectivity index (χ1n) is 6.40. The highest BCUT2D eigenvalue weighted by Gasteiger charge is 2.26. The number of pyridine rings is 1. The summed E-state index contributed by atoms with van der Waals surface area (Å²) in [5.41, 5.74) is 0.0355.